The van der Waals surface area contributed by atoms with Crippen LogP contribution in [-0.4, -0.2) is 100.0 Å². The summed E-state index contributed by atoms with van der Waals surface area (Å²) in [5, 5.41) is 30.0. The Labute approximate surface area is 305 Å². The minimum absolute atomic E-state index is 0.0125. The van der Waals surface area contributed by atoms with Gasteiger partial charge in [0.05, 0.1) is 56.8 Å². The molecule has 1 aliphatic heterocycles. The standard InChI is InChI=1S/C37H42N4O10S/c1-3-50-37(46)33-34(44)32(52-36(33)41-27-7-5-4-6-8-27)20-25-9-10-31(30(43)19-25)51-18-17-49-16-15-48-14-13-47-12-11-39-35(45)26-21-28(38-2)23-29(22-26)40-24-42/h4-10,19-24,38,43-44H,3,11-18H2,1-2H3,(H,39,45)(H,40,42)/b32-20-,41-36?. The van der Waals surface area contributed by atoms with Gasteiger partial charge in [-0.1, -0.05) is 36.0 Å². The van der Waals surface area contributed by atoms with Crippen molar-refractivity contribution in [2.75, 3.05) is 77.1 Å². The van der Waals surface area contributed by atoms with Gasteiger partial charge in [-0.25, -0.2) is 9.79 Å². The molecule has 52 heavy (non-hydrogen) atoms. The van der Waals surface area contributed by atoms with Crippen molar-refractivity contribution in [3.63, 3.8) is 0 Å². The van der Waals surface area contributed by atoms with Gasteiger partial charge in [0.15, 0.2) is 11.5 Å². The molecule has 3 aromatic rings. The van der Waals surface area contributed by atoms with Gasteiger partial charge in [0, 0.05) is 30.5 Å². The Morgan fingerprint density at radius 3 is 2.23 bits per heavy atom. The fourth-order valence-electron chi connectivity index (χ4n) is 4.65. The maximum absolute atomic E-state index is 12.6. The third-order valence-electron chi connectivity index (χ3n) is 7.11. The second-order valence-corrected chi connectivity index (χ2v) is 11.8. The quantitative estimate of drug-likeness (QED) is 0.0558. The molecule has 0 fully saturated rings. The summed E-state index contributed by atoms with van der Waals surface area (Å²) >= 11 is 1.13. The van der Waals surface area contributed by atoms with E-state index in [1.165, 1.54) is 6.07 Å². The number of nitrogens with one attached hydrogen (secondary N) is 3. The van der Waals surface area contributed by atoms with E-state index in [4.69, 9.17) is 23.7 Å². The molecule has 2 amide bonds. The number of aliphatic hydroxyl groups is 1. The number of aliphatic hydroxyl groups excluding tert-OH is 1. The van der Waals surface area contributed by atoms with Crippen LogP contribution < -0.4 is 20.7 Å². The van der Waals surface area contributed by atoms with Gasteiger partial charge < -0.3 is 49.8 Å². The monoisotopic (exact) mass is 734 g/mol. The molecular formula is C37H42N4O10S. The molecule has 0 aliphatic carbocycles. The van der Waals surface area contributed by atoms with Crippen molar-refractivity contribution >= 4 is 58.2 Å². The van der Waals surface area contributed by atoms with Crippen molar-refractivity contribution in [2.24, 2.45) is 4.99 Å². The molecule has 0 atom stereocenters. The van der Waals surface area contributed by atoms with Crippen LogP contribution in [0.5, 0.6) is 11.5 Å². The van der Waals surface area contributed by atoms with Crippen molar-refractivity contribution in [3.05, 3.63) is 94.1 Å². The fraction of sp³-hybridized carbons (Fsp3) is 0.297. The van der Waals surface area contributed by atoms with Crippen LogP contribution in [0.3, 0.4) is 0 Å². The number of carbonyl (C=O) groups excluding carboxylic acids is 3. The SMILES string of the molecule is CCOC(=O)C1=C(O)/C(=C/c2ccc(OCCOCCOCCOCCNC(=O)c3cc(NC)cc(NC=O)c3)c(O)c2)SC1=Nc1ccccc1. The number of aliphatic imine (C=N–C) groups is 1. The number of nitrogens with zero attached hydrogens (tertiary/aromatic N) is 1. The summed E-state index contributed by atoms with van der Waals surface area (Å²) in [5.41, 5.74) is 2.79. The summed E-state index contributed by atoms with van der Waals surface area (Å²) in [6.45, 7) is 4.29. The Balaban J connectivity index is 1.11. The average molecular weight is 735 g/mol. The molecule has 0 saturated heterocycles. The smallest absolute Gasteiger partial charge is 0.344 e. The Morgan fingerprint density at radius 1 is 0.865 bits per heavy atom. The predicted octanol–water partition coefficient (Wildman–Crippen LogP) is 5.05. The highest BCUT2D eigenvalue weighted by molar-refractivity contribution is 8.18. The number of benzene rings is 3. The van der Waals surface area contributed by atoms with Crippen molar-refractivity contribution in [1.29, 1.82) is 0 Å². The van der Waals surface area contributed by atoms with Gasteiger partial charge in [-0.3, -0.25) is 9.59 Å². The maximum Gasteiger partial charge on any atom is 0.344 e. The lowest BCUT2D eigenvalue weighted by molar-refractivity contribution is -0.138. The Kier molecular flexibility index (Phi) is 16.0. The summed E-state index contributed by atoms with van der Waals surface area (Å²) in [7, 11) is 1.72. The van der Waals surface area contributed by atoms with E-state index in [1.807, 2.05) is 18.2 Å². The highest BCUT2D eigenvalue weighted by atomic mass is 32.2. The normalized spacial score (nSPS) is 14.0. The number of hydrogen-bond donors (Lipinski definition) is 5. The average Bonchev–Trinajstić information content (AvgIpc) is 3.44. The Hall–Kier alpha value is -5.35. The number of para-hydroxylation sites is 1. The third kappa shape index (κ3) is 12.2. The molecule has 14 nitrogen and oxygen atoms in total. The third-order valence-corrected chi connectivity index (χ3v) is 8.13. The minimum atomic E-state index is -0.672. The molecule has 0 unspecified atom stereocenters. The molecule has 1 heterocycles. The number of hydrogen-bond acceptors (Lipinski definition) is 13. The molecule has 4 rings (SSSR count). The van der Waals surface area contributed by atoms with Crippen LogP contribution >= 0.6 is 11.8 Å². The molecule has 15 heteroatoms. The highest BCUT2D eigenvalue weighted by Crippen LogP contribution is 2.41. The molecule has 1 aliphatic rings. The lowest BCUT2D eigenvalue weighted by Gasteiger charge is -2.11. The Bertz CT molecular complexity index is 1760. The first kappa shape index (κ1) is 39.4. The number of aromatic hydroxyl groups is 1. The largest absolute Gasteiger partial charge is 0.506 e. The number of anilines is 2. The highest BCUT2D eigenvalue weighted by Gasteiger charge is 2.33. The second kappa shape index (κ2) is 21.1. The number of esters is 1. The van der Waals surface area contributed by atoms with Crippen LogP contribution in [0.25, 0.3) is 6.08 Å². The van der Waals surface area contributed by atoms with Crippen LogP contribution in [0.2, 0.25) is 0 Å². The van der Waals surface area contributed by atoms with Crippen molar-refractivity contribution < 1.29 is 48.3 Å². The number of amides is 2. The summed E-state index contributed by atoms with van der Waals surface area (Å²) in [6.07, 6.45) is 2.19. The van der Waals surface area contributed by atoms with Crippen molar-refractivity contribution in [1.82, 2.24) is 5.32 Å². The topological polar surface area (TPSA) is 186 Å². The van der Waals surface area contributed by atoms with Gasteiger partial charge in [-0.05, 0) is 61.0 Å². The van der Waals surface area contributed by atoms with E-state index in [1.54, 1.807) is 62.5 Å². The van der Waals surface area contributed by atoms with Crippen LogP contribution in [-0.2, 0) is 28.5 Å². The second-order valence-electron chi connectivity index (χ2n) is 10.8. The minimum Gasteiger partial charge on any atom is -0.506 e. The van der Waals surface area contributed by atoms with Crippen LogP contribution in [0, 0.1) is 0 Å². The van der Waals surface area contributed by atoms with E-state index in [2.05, 4.69) is 20.9 Å². The van der Waals surface area contributed by atoms with Gasteiger partial charge in [0.2, 0.25) is 6.41 Å². The van der Waals surface area contributed by atoms with E-state index in [0.29, 0.717) is 84.1 Å². The van der Waals surface area contributed by atoms with Crippen molar-refractivity contribution in [3.8, 4) is 11.5 Å². The molecule has 276 valence electrons. The number of phenols is 1. The molecule has 3 aromatic carbocycles. The number of carbonyl (C=O) groups is 3. The fourth-order valence-corrected chi connectivity index (χ4v) is 5.69. The molecule has 0 bridgehead atoms. The lowest BCUT2D eigenvalue weighted by Crippen LogP contribution is -2.27. The number of phenolic OH excluding ortho intramolecular Hbond substituents is 1. The van der Waals surface area contributed by atoms with Crippen molar-refractivity contribution in [2.45, 2.75) is 6.92 Å². The van der Waals surface area contributed by atoms with E-state index in [0.717, 1.165) is 11.8 Å². The molecule has 0 saturated carbocycles. The summed E-state index contributed by atoms with van der Waals surface area (Å²) in [4.78, 5) is 40.7. The van der Waals surface area contributed by atoms with Gasteiger partial charge in [-0.2, -0.15) is 0 Å². The number of rotatable bonds is 21. The van der Waals surface area contributed by atoms with Crippen LogP contribution in [0.1, 0.15) is 22.8 Å². The summed E-state index contributed by atoms with van der Waals surface area (Å²) in [5.74, 6) is -1.04. The first-order chi connectivity index (χ1) is 25.3. The zero-order valence-corrected chi connectivity index (χ0v) is 29.7. The first-order valence-corrected chi connectivity index (χ1v) is 17.3. The first-order valence-electron chi connectivity index (χ1n) is 16.5. The lowest BCUT2D eigenvalue weighted by atomic mass is 10.1. The maximum atomic E-state index is 12.6. The number of thioether (sulfide) groups is 1. The molecular weight excluding hydrogens is 692 g/mol. The molecule has 0 radical (unpaired) electrons. The van der Waals surface area contributed by atoms with Gasteiger partial charge in [0.1, 0.15) is 23.0 Å². The summed E-state index contributed by atoms with van der Waals surface area (Å²) < 4.78 is 27.3. The molecule has 0 spiro atoms. The molecule has 0 aromatic heterocycles. The predicted molar refractivity (Wildman–Crippen MR) is 199 cm³/mol. The van der Waals surface area contributed by atoms with E-state index < -0.39 is 5.97 Å². The van der Waals surface area contributed by atoms with Gasteiger partial charge >= 0.3 is 5.97 Å². The summed E-state index contributed by atoms with van der Waals surface area (Å²) in [6, 6.07) is 18.9. The van der Waals surface area contributed by atoms with E-state index >= 15 is 0 Å². The van der Waals surface area contributed by atoms with E-state index in [9.17, 15) is 24.6 Å². The zero-order chi connectivity index (χ0) is 37.1. The number of ether oxygens (including phenoxy) is 5. The molecule has 5 N–H and O–H groups in total. The van der Waals surface area contributed by atoms with Gasteiger partial charge in [0.25, 0.3) is 5.91 Å². The van der Waals surface area contributed by atoms with Crippen LogP contribution in [0.15, 0.2) is 88.0 Å². The zero-order valence-electron chi connectivity index (χ0n) is 28.9. The Morgan fingerprint density at radius 2 is 1.56 bits per heavy atom. The van der Waals surface area contributed by atoms with E-state index in [-0.39, 0.29) is 48.6 Å². The van der Waals surface area contributed by atoms with Gasteiger partial charge in [-0.15, -0.1) is 0 Å². The van der Waals surface area contributed by atoms with Crippen LogP contribution in [0.4, 0.5) is 17.1 Å².